The molecule has 6 heteroatoms. The van der Waals surface area contributed by atoms with Crippen molar-refractivity contribution in [3.8, 4) is 0 Å². The van der Waals surface area contributed by atoms with Crippen LogP contribution in [0.5, 0.6) is 0 Å². The minimum absolute atomic E-state index is 0.0000512. The lowest BCUT2D eigenvalue weighted by molar-refractivity contribution is -0.178. The highest BCUT2D eigenvalue weighted by atomic mass is 16.6. The molecule has 194 valence electrons. The molecule has 2 aliphatic carbocycles. The summed E-state index contributed by atoms with van der Waals surface area (Å²) in [5.41, 5.74) is -3.45. The van der Waals surface area contributed by atoms with Crippen molar-refractivity contribution < 1.29 is 30.0 Å². The topological polar surface area (TPSA) is 107 Å². The van der Waals surface area contributed by atoms with Gasteiger partial charge < -0.3 is 25.2 Å². The average molecular weight is 479 g/mol. The van der Waals surface area contributed by atoms with Gasteiger partial charge in [0.15, 0.2) is 0 Å². The van der Waals surface area contributed by atoms with Crippen molar-refractivity contribution in [2.75, 3.05) is 0 Å². The van der Waals surface area contributed by atoms with Crippen LogP contribution < -0.4 is 0 Å². The van der Waals surface area contributed by atoms with Gasteiger partial charge in [-0.3, -0.25) is 4.79 Å². The zero-order valence-electron chi connectivity index (χ0n) is 22.1. The van der Waals surface area contributed by atoms with E-state index in [0.717, 1.165) is 5.57 Å². The molecular weight excluding hydrogens is 432 g/mol. The Morgan fingerprint density at radius 2 is 1.91 bits per heavy atom. The maximum Gasteiger partial charge on any atom is 0.309 e. The fourth-order valence-corrected chi connectivity index (χ4v) is 6.15. The van der Waals surface area contributed by atoms with Crippen molar-refractivity contribution in [1.29, 1.82) is 0 Å². The highest BCUT2D eigenvalue weighted by Gasteiger charge is 2.52. The number of hydrogen-bond acceptors (Lipinski definition) is 6. The maximum absolute atomic E-state index is 12.8. The predicted octanol–water partition coefficient (Wildman–Crippen LogP) is 4.99. The minimum Gasteiger partial charge on any atom is -0.513 e. The quantitative estimate of drug-likeness (QED) is 0.260. The largest absolute Gasteiger partial charge is 0.513 e. The number of aliphatic hydroxyl groups is 4. The average Bonchev–Trinajstić information content (AvgIpc) is 2.63. The Morgan fingerprint density at radius 1 is 1.29 bits per heavy atom. The number of rotatable bonds is 10. The zero-order valence-corrected chi connectivity index (χ0v) is 22.1. The van der Waals surface area contributed by atoms with Gasteiger partial charge in [0.05, 0.1) is 28.5 Å². The van der Waals surface area contributed by atoms with Crippen molar-refractivity contribution in [2.45, 2.75) is 109 Å². The minimum atomic E-state index is -1.28. The van der Waals surface area contributed by atoms with E-state index in [2.05, 4.69) is 19.6 Å². The van der Waals surface area contributed by atoms with E-state index in [1.165, 1.54) is 0 Å². The predicted molar refractivity (Wildman–Crippen MR) is 134 cm³/mol. The fraction of sp³-hybridized carbons (Fsp3) is 0.750. The number of esters is 1. The molecule has 2 aliphatic rings. The summed E-state index contributed by atoms with van der Waals surface area (Å²) in [6.07, 6.45) is 8.18. The SMILES string of the molecule is C=C(O)CC(C)(O)CC(C)(O)CCC1C(C)C=CC2=CC(C)(O)CC(C)(OC(=O)C(C)CC)C21. The third kappa shape index (κ3) is 7.19. The number of ether oxygens (including phenoxy) is 1. The molecule has 34 heavy (non-hydrogen) atoms. The Hall–Kier alpha value is -1.63. The Balaban J connectivity index is 2.32. The first-order valence-corrected chi connectivity index (χ1v) is 12.6. The van der Waals surface area contributed by atoms with Gasteiger partial charge in [-0.25, -0.2) is 0 Å². The summed E-state index contributed by atoms with van der Waals surface area (Å²) in [6.45, 7) is 16.3. The first-order valence-electron chi connectivity index (χ1n) is 12.6. The van der Waals surface area contributed by atoms with E-state index in [4.69, 9.17) is 4.74 Å². The number of allylic oxidation sites excluding steroid dienone is 2. The summed E-state index contributed by atoms with van der Waals surface area (Å²) in [7, 11) is 0. The summed E-state index contributed by atoms with van der Waals surface area (Å²) in [4.78, 5) is 12.8. The molecular formula is C28H46O6. The van der Waals surface area contributed by atoms with Gasteiger partial charge in [-0.1, -0.05) is 39.5 Å². The summed E-state index contributed by atoms with van der Waals surface area (Å²) < 4.78 is 6.16. The van der Waals surface area contributed by atoms with Crippen LogP contribution in [0.15, 0.2) is 36.1 Å². The summed E-state index contributed by atoms with van der Waals surface area (Å²) in [5, 5.41) is 42.2. The Labute approximate surface area is 205 Å². The van der Waals surface area contributed by atoms with E-state index in [1.807, 2.05) is 32.9 Å². The third-order valence-electron chi connectivity index (χ3n) is 7.61. The van der Waals surface area contributed by atoms with Gasteiger partial charge >= 0.3 is 5.97 Å². The molecule has 8 unspecified atom stereocenters. The third-order valence-corrected chi connectivity index (χ3v) is 7.61. The van der Waals surface area contributed by atoms with Gasteiger partial charge in [-0.2, -0.15) is 0 Å². The molecule has 0 fully saturated rings. The normalized spacial score (nSPS) is 35.4. The highest BCUT2D eigenvalue weighted by Crippen LogP contribution is 2.51. The van der Waals surface area contributed by atoms with Crippen LogP contribution in [-0.2, 0) is 9.53 Å². The van der Waals surface area contributed by atoms with E-state index in [9.17, 15) is 25.2 Å². The van der Waals surface area contributed by atoms with E-state index in [0.29, 0.717) is 25.7 Å². The molecule has 0 saturated heterocycles. The van der Waals surface area contributed by atoms with Crippen molar-refractivity contribution in [1.82, 2.24) is 0 Å². The molecule has 0 aromatic heterocycles. The van der Waals surface area contributed by atoms with Gasteiger partial charge in [0.2, 0.25) is 0 Å². The first-order chi connectivity index (χ1) is 15.4. The van der Waals surface area contributed by atoms with Crippen molar-refractivity contribution in [2.24, 2.45) is 23.7 Å². The van der Waals surface area contributed by atoms with Crippen LogP contribution in [0.2, 0.25) is 0 Å². The van der Waals surface area contributed by atoms with Crippen LogP contribution in [0.3, 0.4) is 0 Å². The number of aliphatic hydroxyl groups excluding tert-OH is 1. The summed E-state index contributed by atoms with van der Waals surface area (Å²) in [6, 6.07) is 0. The second-order valence-electron chi connectivity index (χ2n) is 12.0. The number of carbonyl (C=O) groups is 1. The molecule has 0 aromatic carbocycles. The number of carbonyl (C=O) groups excluding carboxylic acids is 1. The van der Waals surface area contributed by atoms with Crippen LogP contribution in [0.1, 0.15) is 87.0 Å². The van der Waals surface area contributed by atoms with Crippen LogP contribution in [0.25, 0.3) is 0 Å². The number of fused-ring (bicyclic) bond motifs is 1. The Morgan fingerprint density at radius 3 is 2.47 bits per heavy atom. The molecule has 0 bridgehead atoms. The lowest BCUT2D eigenvalue weighted by atomic mass is 9.59. The van der Waals surface area contributed by atoms with Crippen LogP contribution in [0, 0.1) is 23.7 Å². The smallest absolute Gasteiger partial charge is 0.309 e. The second kappa shape index (κ2) is 10.2. The molecule has 0 heterocycles. The fourth-order valence-electron chi connectivity index (χ4n) is 6.15. The molecule has 0 radical (unpaired) electrons. The first kappa shape index (κ1) is 28.6. The monoisotopic (exact) mass is 478 g/mol. The van der Waals surface area contributed by atoms with Gasteiger partial charge in [0.1, 0.15) is 5.60 Å². The molecule has 0 aliphatic heterocycles. The van der Waals surface area contributed by atoms with Crippen molar-refractivity contribution >= 4 is 5.97 Å². The van der Waals surface area contributed by atoms with Crippen LogP contribution >= 0.6 is 0 Å². The molecule has 4 N–H and O–H groups in total. The summed E-state index contributed by atoms with van der Waals surface area (Å²) in [5.74, 6) is -0.457. The lowest BCUT2D eigenvalue weighted by Crippen LogP contribution is -2.54. The highest BCUT2D eigenvalue weighted by molar-refractivity contribution is 5.72. The Kier molecular flexibility index (Phi) is 8.55. The molecule has 8 atom stereocenters. The zero-order chi connectivity index (χ0) is 26.1. The lowest BCUT2D eigenvalue weighted by Gasteiger charge is -2.51. The van der Waals surface area contributed by atoms with Gasteiger partial charge in [-0.15, -0.1) is 0 Å². The van der Waals surface area contributed by atoms with Crippen molar-refractivity contribution in [3.05, 3.63) is 36.1 Å². The molecule has 2 rings (SSSR count). The molecule has 0 aromatic rings. The van der Waals surface area contributed by atoms with Gasteiger partial charge in [0.25, 0.3) is 0 Å². The molecule has 0 amide bonds. The Bertz CT molecular complexity index is 821. The standard InChI is InChI=1S/C28H46O6/c1-9-18(2)24(30)34-28(8)17-27(7,33)15-21-11-10-19(3)22(23(21)28)12-13-25(5,31)16-26(6,32)14-20(4)29/h10-11,15,18-19,22-23,29,31-33H,4,9,12-14,16-17H2,1-3,5-8H3. The van der Waals surface area contributed by atoms with E-state index >= 15 is 0 Å². The summed E-state index contributed by atoms with van der Waals surface area (Å²) >= 11 is 0. The van der Waals surface area contributed by atoms with E-state index < -0.39 is 22.4 Å². The van der Waals surface area contributed by atoms with Crippen molar-refractivity contribution in [3.63, 3.8) is 0 Å². The number of hydrogen-bond donors (Lipinski definition) is 4. The maximum atomic E-state index is 12.8. The van der Waals surface area contributed by atoms with Crippen LogP contribution in [-0.4, -0.2) is 48.8 Å². The molecule has 0 saturated carbocycles. The van der Waals surface area contributed by atoms with Crippen LogP contribution in [0.4, 0.5) is 0 Å². The van der Waals surface area contributed by atoms with E-state index in [-0.39, 0.29) is 48.2 Å². The van der Waals surface area contributed by atoms with Gasteiger partial charge in [0, 0.05) is 25.2 Å². The second-order valence-corrected chi connectivity index (χ2v) is 12.0. The molecule has 0 spiro atoms. The molecule has 6 nitrogen and oxygen atoms in total. The van der Waals surface area contributed by atoms with Gasteiger partial charge in [-0.05, 0) is 70.4 Å². The van der Waals surface area contributed by atoms with E-state index in [1.54, 1.807) is 20.8 Å².